The summed E-state index contributed by atoms with van der Waals surface area (Å²) in [5.41, 5.74) is 0.844. The zero-order chi connectivity index (χ0) is 13.7. The summed E-state index contributed by atoms with van der Waals surface area (Å²) >= 11 is 8.07. The van der Waals surface area contributed by atoms with E-state index in [2.05, 4.69) is 33.2 Å². The molecule has 0 saturated carbocycles. The van der Waals surface area contributed by atoms with E-state index < -0.39 is 0 Å². The summed E-state index contributed by atoms with van der Waals surface area (Å²) in [5.74, 6) is 0.731. The summed E-state index contributed by atoms with van der Waals surface area (Å²) in [4.78, 5) is 11.9. The summed E-state index contributed by atoms with van der Waals surface area (Å²) in [6.45, 7) is 2.16. The number of piperidine rings is 1. The van der Waals surface area contributed by atoms with Crippen molar-refractivity contribution in [2.24, 2.45) is 5.92 Å². The molecule has 3 nitrogen and oxygen atoms in total. The monoisotopic (exact) mass is 392 g/mol. The van der Waals surface area contributed by atoms with Crippen LogP contribution in [0, 0.1) is 9.49 Å². The van der Waals surface area contributed by atoms with E-state index in [9.17, 15) is 4.79 Å². The Labute approximate surface area is 132 Å². The second-order valence-electron chi connectivity index (χ2n) is 4.92. The highest BCUT2D eigenvalue weighted by Gasteiger charge is 2.14. The zero-order valence-corrected chi connectivity index (χ0v) is 13.6. The Balaban J connectivity index is 1.80. The number of rotatable bonds is 4. The van der Waals surface area contributed by atoms with Crippen molar-refractivity contribution in [3.8, 4) is 0 Å². The van der Waals surface area contributed by atoms with Crippen molar-refractivity contribution in [1.82, 2.24) is 5.32 Å². The van der Waals surface area contributed by atoms with Gasteiger partial charge in [-0.25, -0.2) is 0 Å². The van der Waals surface area contributed by atoms with Crippen molar-refractivity contribution < 1.29 is 4.79 Å². The number of benzene rings is 1. The second kappa shape index (κ2) is 7.45. The van der Waals surface area contributed by atoms with Gasteiger partial charge in [0.05, 0.1) is 5.69 Å². The molecule has 104 valence electrons. The van der Waals surface area contributed by atoms with Crippen LogP contribution in [0.4, 0.5) is 5.69 Å². The lowest BCUT2D eigenvalue weighted by Crippen LogP contribution is -2.30. The fourth-order valence-electron chi connectivity index (χ4n) is 2.31. The molecule has 2 N–H and O–H groups in total. The lowest BCUT2D eigenvalue weighted by molar-refractivity contribution is -0.116. The minimum Gasteiger partial charge on any atom is -0.325 e. The van der Waals surface area contributed by atoms with Crippen LogP contribution in [0.2, 0.25) is 5.02 Å². The van der Waals surface area contributed by atoms with Gasteiger partial charge in [-0.05, 0) is 79.1 Å². The smallest absolute Gasteiger partial charge is 0.224 e. The molecule has 0 bridgehead atoms. The molecule has 5 heteroatoms. The van der Waals surface area contributed by atoms with E-state index >= 15 is 0 Å². The third-order valence-corrected chi connectivity index (χ3v) is 4.51. The molecule has 1 heterocycles. The largest absolute Gasteiger partial charge is 0.325 e. The van der Waals surface area contributed by atoms with Crippen molar-refractivity contribution in [3.05, 3.63) is 26.8 Å². The number of amides is 1. The molecule has 0 aromatic heterocycles. The number of carbonyl (C=O) groups is 1. The molecule has 1 aromatic rings. The normalized spacial score (nSPS) is 19.2. The van der Waals surface area contributed by atoms with Gasteiger partial charge < -0.3 is 10.6 Å². The molecule has 1 unspecified atom stereocenters. The Kier molecular flexibility index (Phi) is 5.91. The van der Waals surface area contributed by atoms with E-state index in [0.29, 0.717) is 17.4 Å². The molecule has 1 amide bonds. The van der Waals surface area contributed by atoms with Gasteiger partial charge in [-0.3, -0.25) is 4.79 Å². The first-order valence-electron chi connectivity index (χ1n) is 6.61. The highest BCUT2D eigenvalue weighted by Crippen LogP contribution is 2.23. The van der Waals surface area contributed by atoms with Crippen LogP contribution in [0.25, 0.3) is 0 Å². The molecule has 1 saturated heterocycles. The standard InChI is InChI=1S/C14H18ClIN2O/c15-11-4-5-13(12(16)8-11)18-14(19)6-3-10-2-1-7-17-9-10/h4-5,8,10,17H,1-3,6-7,9H2,(H,18,19). The molecule has 1 aliphatic rings. The minimum atomic E-state index is 0.0887. The third-order valence-electron chi connectivity index (χ3n) is 3.38. The van der Waals surface area contributed by atoms with Crippen molar-refractivity contribution in [1.29, 1.82) is 0 Å². The van der Waals surface area contributed by atoms with Crippen molar-refractivity contribution in [2.45, 2.75) is 25.7 Å². The number of anilines is 1. The molecular weight excluding hydrogens is 375 g/mol. The number of hydrogen-bond donors (Lipinski definition) is 2. The predicted molar refractivity (Wildman–Crippen MR) is 87.6 cm³/mol. The molecule has 1 aromatic carbocycles. The Morgan fingerprint density at radius 1 is 1.53 bits per heavy atom. The van der Waals surface area contributed by atoms with E-state index in [0.717, 1.165) is 28.8 Å². The molecule has 19 heavy (non-hydrogen) atoms. The van der Waals surface area contributed by atoms with Gasteiger partial charge in [0.25, 0.3) is 0 Å². The van der Waals surface area contributed by atoms with E-state index in [1.165, 1.54) is 12.8 Å². The van der Waals surface area contributed by atoms with Gasteiger partial charge in [0.1, 0.15) is 0 Å². The topological polar surface area (TPSA) is 41.1 Å². The number of halogens is 2. The van der Waals surface area contributed by atoms with Crippen LogP contribution < -0.4 is 10.6 Å². The maximum absolute atomic E-state index is 11.9. The molecule has 0 spiro atoms. The van der Waals surface area contributed by atoms with Gasteiger partial charge in [-0.1, -0.05) is 11.6 Å². The van der Waals surface area contributed by atoms with Crippen LogP contribution in [-0.2, 0) is 4.79 Å². The molecule has 1 fully saturated rings. The van der Waals surface area contributed by atoms with Crippen LogP contribution in [0.1, 0.15) is 25.7 Å². The van der Waals surface area contributed by atoms with Gasteiger partial charge in [0.15, 0.2) is 0 Å². The maximum Gasteiger partial charge on any atom is 0.224 e. The summed E-state index contributed by atoms with van der Waals surface area (Å²) in [5, 5.41) is 7.02. The Hall–Kier alpha value is -0.330. The average Bonchev–Trinajstić information content (AvgIpc) is 2.41. The van der Waals surface area contributed by atoms with Gasteiger partial charge in [0.2, 0.25) is 5.91 Å². The molecule has 0 aliphatic carbocycles. The number of nitrogens with one attached hydrogen (secondary N) is 2. The van der Waals surface area contributed by atoms with E-state index in [1.54, 1.807) is 6.07 Å². The number of carbonyl (C=O) groups excluding carboxylic acids is 1. The Morgan fingerprint density at radius 2 is 2.37 bits per heavy atom. The summed E-state index contributed by atoms with van der Waals surface area (Å²) in [6.07, 6.45) is 4.01. The zero-order valence-electron chi connectivity index (χ0n) is 10.7. The van der Waals surface area contributed by atoms with Crippen LogP contribution in [0.15, 0.2) is 18.2 Å². The fourth-order valence-corrected chi connectivity index (χ4v) is 3.32. The maximum atomic E-state index is 11.9. The minimum absolute atomic E-state index is 0.0887. The SMILES string of the molecule is O=C(CCC1CCCNC1)Nc1ccc(Cl)cc1I. The fraction of sp³-hybridized carbons (Fsp3) is 0.500. The summed E-state index contributed by atoms with van der Waals surface area (Å²) in [6, 6.07) is 5.50. The first-order valence-corrected chi connectivity index (χ1v) is 8.06. The van der Waals surface area contributed by atoms with Crippen molar-refractivity contribution in [2.75, 3.05) is 18.4 Å². The first kappa shape index (κ1) is 15.1. The van der Waals surface area contributed by atoms with Crippen LogP contribution >= 0.6 is 34.2 Å². The predicted octanol–water partition coefficient (Wildman–Crippen LogP) is 3.66. The summed E-state index contributed by atoms with van der Waals surface area (Å²) in [7, 11) is 0. The number of hydrogen-bond acceptors (Lipinski definition) is 2. The lowest BCUT2D eigenvalue weighted by atomic mass is 9.94. The van der Waals surface area contributed by atoms with Gasteiger partial charge in [-0.15, -0.1) is 0 Å². The molecule has 1 aliphatic heterocycles. The second-order valence-corrected chi connectivity index (χ2v) is 6.52. The molecule has 1 atom stereocenters. The van der Waals surface area contributed by atoms with Crippen molar-refractivity contribution >= 4 is 45.8 Å². The van der Waals surface area contributed by atoms with E-state index in [-0.39, 0.29) is 5.91 Å². The van der Waals surface area contributed by atoms with Gasteiger partial charge >= 0.3 is 0 Å². The van der Waals surface area contributed by atoms with Gasteiger partial charge in [0, 0.05) is 15.0 Å². The van der Waals surface area contributed by atoms with Crippen molar-refractivity contribution in [3.63, 3.8) is 0 Å². The lowest BCUT2D eigenvalue weighted by Gasteiger charge is -2.22. The van der Waals surface area contributed by atoms with E-state index in [1.807, 2.05) is 12.1 Å². The highest BCUT2D eigenvalue weighted by atomic mass is 127. The molecular formula is C14H18ClIN2O. The summed E-state index contributed by atoms with van der Waals surface area (Å²) < 4.78 is 0.970. The average molecular weight is 393 g/mol. The van der Waals surface area contributed by atoms with Crippen LogP contribution in [0.3, 0.4) is 0 Å². The quantitative estimate of drug-likeness (QED) is 0.768. The Morgan fingerprint density at radius 3 is 3.05 bits per heavy atom. The van der Waals surface area contributed by atoms with E-state index in [4.69, 9.17) is 11.6 Å². The first-order chi connectivity index (χ1) is 9.15. The molecule has 2 rings (SSSR count). The Bertz CT molecular complexity index is 447. The van der Waals surface area contributed by atoms with Crippen LogP contribution in [0.5, 0.6) is 0 Å². The van der Waals surface area contributed by atoms with Gasteiger partial charge in [-0.2, -0.15) is 0 Å². The highest BCUT2D eigenvalue weighted by molar-refractivity contribution is 14.1. The van der Waals surface area contributed by atoms with Crippen LogP contribution in [-0.4, -0.2) is 19.0 Å². The molecule has 0 radical (unpaired) electrons. The third kappa shape index (κ3) is 4.93.